The van der Waals surface area contributed by atoms with Gasteiger partial charge in [-0.15, -0.1) is 0 Å². The molecule has 1 aliphatic rings. The summed E-state index contributed by atoms with van der Waals surface area (Å²) < 4.78 is 0. The fraction of sp³-hybridized carbons (Fsp3) is 0. The van der Waals surface area contributed by atoms with E-state index in [9.17, 15) is 0 Å². The summed E-state index contributed by atoms with van der Waals surface area (Å²) in [6, 6.07) is 48.9. The molecule has 8 rings (SSSR count). The summed E-state index contributed by atoms with van der Waals surface area (Å²) in [7, 11) is 0. The Morgan fingerprint density at radius 1 is 0.378 bits per heavy atom. The second kappa shape index (κ2) is 8.09. The zero-order valence-electron chi connectivity index (χ0n) is 20.1. The normalized spacial score (nSPS) is 12.2. The van der Waals surface area contributed by atoms with Crippen LogP contribution in [0.25, 0.3) is 65.7 Å². The predicted molar refractivity (Wildman–Crippen MR) is 159 cm³/mol. The molecule has 0 amide bonds. The van der Waals surface area contributed by atoms with E-state index < -0.39 is 0 Å². The highest BCUT2D eigenvalue weighted by Gasteiger charge is 2.22. The Kier molecular flexibility index (Phi) is 4.55. The minimum absolute atomic E-state index is 1.26. The Bertz CT molecular complexity index is 1940. The van der Waals surface area contributed by atoms with Gasteiger partial charge in [-0.25, -0.2) is 0 Å². The lowest BCUT2D eigenvalue weighted by Gasteiger charge is -2.22. The van der Waals surface area contributed by atoms with Crippen LogP contribution in [-0.2, 0) is 0 Å². The number of benzene rings is 7. The first-order valence-corrected chi connectivity index (χ1v) is 13.5. The molecule has 0 aromatic heterocycles. The van der Waals surface area contributed by atoms with Crippen molar-refractivity contribution in [2.24, 2.45) is 0 Å². The van der Waals surface area contributed by atoms with Crippen molar-refractivity contribution in [1.29, 1.82) is 0 Å². The van der Waals surface area contributed by atoms with Crippen molar-refractivity contribution in [3.8, 4) is 33.4 Å². The number of fused-ring (bicyclic) bond motifs is 4. The van der Waals surface area contributed by atoms with Crippen molar-refractivity contribution in [3.05, 3.63) is 133 Å². The van der Waals surface area contributed by atoms with E-state index in [1.807, 2.05) is 11.8 Å². The van der Waals surface area contributed by atoms with E-state index in [2.05, 4.69) is 133 Å². The van der Waals surface area contributed by atoms with Crippen LogP contribution in [0.2, 0.25) is 0 Å². The van der Waals surface area contributed by atoms with Gasteiger partial charge >= 0.3 is 0 Å². The van der Waals surface area contributed by atoms with Gasteiger partial charge in [0, 0.05) is 15.2 Å². The second-order valence-electron chi connectivity index (χ2n) is 9.68. The second-order valence-corrected chi connectivity index (χ2v) is 10.8. The molecular weight excluding hydrogens is 464 g/mol. The Balaban J connectivity index is 1.49. The van der Waals surface area contributed by atoms with Gasteiger partial charge in [0.2, 0.25) is 0 Å². The Hall–Kier alpha value is -4.33. The molecule has 0 fully saturated rings. The molecule has 0 atom stereocenters. The number of hydrogen-bond acceptors (Lipinski definition) is 1. The summed E-state index contributed by atoms with van der Waals surface area (Å²) >= 11 is 1.89. The highest BCUT2D eigenvalue weighted by atomic mass is 32.2. The van der Waals surface area contributed by atoms with E-state index >= 15 is 0 Å². The zero-order valence-corrected chi connectivity index (χ0v) is 20.9. The monoisotopic (exact) mass is 486 g/mol. The van der Waals surface area contributed by atoms with Gasteiger partial charge in [0.15, 0.2) is 0 Å². The fourth-order valence-electron chi connectivity index (χ4n) is 6.09. The highest BCUT2D eigenvalue weighted by Crippen LogP contribution is 2.50. The quantitative estimate of drug-likeness (QED) is 0.219. The first-order chi connectivity index (χ1) is 18.4. The third-order valence-electron chi connectivity index (χ3n) is 7.62. The van der Waals surface area contributed by atoms with Crippen LogP contribution in [-0.4, -0.2) is 0 Å². The maximum Gasteiger partial charge on any atom is 0.0213 e. The maximum absolute atomic E-state index is 2.42. The molecule has 0 saturated carbocycles. The number of hydrogen-bond donors (Lipinski definition) is 0. The summed E-state index contributed by atoms with van der Waals surface area (Å²) in [5.74, 6) is 0. The highest BCUT2D eigenvalue weighted by molar-refractivity contribution is 7.99. The molecule has 0 spiro atoms. The lowest BCUT2D eigenvalue weighted by Crippen LogP contribution is -1.95. The van der Waals surface area contributed by atoms with Crippen molar-refractivity contribution in [2.45, 2.75) is 9.79 Å². The molecule has 0 N–H and O–H groups in total. The molecule has 172 valence electrons. The molecular formula is C36H22S. The zero-order chi connectivity index (χ0) is 24.3. The summed E-state index contributed by atoms with van der Waals surface area (Å²) in [4.78, 5) is 2.66. The summed E-state index contributed by atoms with van der Waals surface area (Å²) in [5.41, 5.74) is 7.83. The lowest BCUT2D eigenvalue weighted by atomic mass is 9.85. The summed E-state index contributed by atoms with van der Waals surface area (Å²) in [6.07, 6.45) is 0. The van der Waals surface area contributed by atoms with Crippen LogP contribution in [0, 0.1) is 0 Å². The summed E-state index contributed by atoms with van der Waals surface area (Å²) in [5, 5.41) is 7.84. The third-order valence-corrected chi connectivity index (χ3v) is 8.74. The molecule has 0 nitrogen and oxygen atoms in total. The van der Waals surface area contributed by atoms with Crippen LogP contribution in [0.15, 0.2) is 143 Å². The van der Waals surface area contributed by atoms with E-state index in [0.717, 1.165) is 0 Å². The Morgan fingerprint density at radius 2 is 0.946 bits per heavy atom. The minimum atomic E-state index is 1.26. The standard InChI is InChI=1S/C36H22S/c1-2-11-23(12-3-1)34-28-15-4-6-17-30(28)35(31-18-7-5-16-29(31)34)25-21-24-13-10-19-27-26-14-8-9-20-32(26)37-33(22-25)36(24)27/h1-22H. The van der Waals surface area contributed by atoms with E-state index in [1.54, 1.807) is 0 Å². The van der Waals surface area contributed by atoms with Crippen molar-refractivity contribution in [3.63, 3.8) is 0 Å². The smallest absolute Gasteiger partial charge is 0.0213 e. The van der Waals surface area contributed by atoms with Crippen LogP contribution >= 0.6 is 11.8 Å². The topological polar surface area (TPSA) is 0 Å². The van der Waals surface area contributed by atoms with E-state index in [0.29, 0.717) is 0 Å². The molecule has 1 heteroatoms. The lowest BCUT2D eigenvalue weighted by molar-refractivity contribution is 1.40. The van der Waals surface area contributed by atoms with Gasteiger partial charge in [0.1, 0.15) is 0 Å². The van der Waals surface area contributed by atoms with E-state index in [-0.39, 0.29) is 0 Å². The SMILES string of the molecule is c1ccc(-c2c3ccccc3c(-c3cc4c5c(cccc5c3)-c3ccccc3S4)c3ccccc23)cc1. The molecule has 7 aromatic rings. The predicted octanol–water partition coefficient (Wildman–Crippen LogP) is 10.6. The van der Waals surface area contributed by atoms with Crippen LogP contribution in [0.1, 0.15) is 0 Å². The average Bonchev–Trinajstić information content (AvgIpc) is 2.96. The average molecular weight is 487 g/mol. The molecule has 1 aliphatic heterocycles. The molecule has 7 aromatic carbocycles. The van der Waals surface area contributed by atoms with Gasteiger partial charge in [-0.1, -0.05) is 127 Å². The van der Waals surface area contributed by atoms with Gasteiger partial charge in [-0.05, 0) is 78.5 Å². The van der Waals surface area contributed by atoms with E-state index in [4.69, 9.17) is 0 Å². The van der Waals surface area contributed by atoms with Crippen LogP contribution in [0.4, 0.5) is 0 Å². The molecule has 0 saturated heterocycles. The van der Waals surface area contributed by atoms with Crippen molar-refractivity contribution in [2.75, 3.05) is 0 Å². The van der Waals surface area contributed by atoms with E-state index in [1.165, 1.54) is 75.5 Å². The molecule has 0 aliphatic carbocycles. The van der Waals surface area contributed by atoms with Gasteiger partial charge < -0.3 is 0 Å². The Labute approximate surface area is 220 Å². The van der Waals surface area contributed by atoms with Crippen LogP contribution in [0.3, 0.4) is 0 Å². The third kappa shape index (κ3) is 3.11. The first-order valence-electron chi connectivity index (χ1n) is 12.7. The van der Waals surface area contributed by atoms with Crippen LogP contribution in [0.5, 0.6) is 0 Å². The first kappa shape index (κ1) is 20.8. The van der Waals surface area contributed by atoms with Gasteiger partial charge in [0.25, 0.3) is 0 Å². The van der Waals surface area contributed by atoms with Crippen molar-refractivity contribution >= 4 is 44.1 Å². The van der Waals surface area contributed by atoms with Crippen LogP contribution < -0.4 is 0 Å². The van der Waals surface area contributed by atoms with Gasteiger partial charge in [0.05, 0.1) is 0 Å². The Morgan fingerprint density at radius 3 is 1.65 bits per heavy atom. The number of rotatable bonds is 2. The molecule has 0 radical (unpaired) electrons. The molecule has 1 heterocycles. The molecule has 0 bridgehead atoms. The molecule has 0 unspecified atom stereocenters. The summed E-state index contributed by atoms with van der Waals surface area (Å²) in [6.45, 7) is 0. The van der Waals surface area contributed by atoms with Gasteiger partial charge in [-0.2, -0.15) is 0 Å². The van der Waals surface area contributed by atoms with Gasteiger partial charge in [-0.3, -0.25) is 0 Å². The maximum atomic E-state index is 2.42. The molecule has 37 heavy (non-hydrogen) atoms. The minimum Gasteiger partial charge on any atom is -0.0888 e. The van der Waals surface area contributed by atoms with Crippen molar-refractivity contribution < 1.29 is 0 Å². The fourth-order valence-corrected chi connectivity index (χ4v) is 7.28. The van der Waals surface area contributed by atoms with Crippen molar-refractivity contribution in [1.82, 2.24) is 0 Å². The largest absolute Gasteiger partial charge is 0.0888 e.